The second-order valence-corrected chi connectivity index (χ2v) is 13.0. The molecule has 0 amide bonds. The molecule has 0 aromatic carbocycles. The Morgan fingerprint density at radius 3 is 2.36 bits per heavy atom. The van der Waals surface area contributed by atoms with Crippen molar-refractivity contribution in [3.05, 3.63) is 23.0 Å². The van der Waals surface area contributed by atoms with Crippen LogP contribution in [0.5, 0.6) is 0 Å². The van der Waals surface area contributed by atoms with Gasteiger partial charge in [0.1, 0.15) is 17.8 Å². The fourth-order valence-corrected chi connectivity index (χ4v) is 8.66. The minimum atomic E-state index is -2.54. The van der Waals surface area contributed by atoms with E-state index in [0.29, 0.717) is 5.57 Å². The van der Waals surface area contributed by atoms with Crippen LogP contribution in [-0.2, 0) is 42.9 Å². The Morgan fingerprint density at radius 1 is 1.12 bits per heavy atom. The summed E-state index contributed by atoms with van der Waals surface area (Å²) in [6, 6.07) is 0. The van der Waals surface area contributed by atoms with Crippen molar-refractivity contribution in [3.63, 3.8) is 0 Å². The molecule has 1 spiro atoms. The summed E-state index contributed by atoms with van der Waals surface area (Å²) in [5, 5.41) is 44.0. The predicted octanol–water partition coefficient (Wildman–Crippen LogP) is 0.750. The molecular formula is C29H36O13. The molecule has 2 heterocycles. The SMILES string of the molecule is CC(=O)OC(C)(C)/C(C)=C/C(=O)OC1C(=O)OC2CC3C(C)=C(O)C(=O)CC3(C)C3C(O)C(O)C4(C(=O)O)OCC23C14. The predicted molar refractivity (Wildman–Crippen MR) is 138 cm³/mol. The molecule has 10 unspecified atom stereocenters. The van der Waals surface area contributed by atoms with Gasteiger partial charge in [0.2, 0.25) is 11.7 Å². The van der Waals surface area contributed by atoms with Crippen molar-refractivity contribution in [1.82, 2.24) is 0 Å². The number of carbonyl (C=O) groups is 5. The normalized spacial score (nSPS) is 42.8. The van der Waals surface area contributed by atoms with E-state index >= 15 is 0 Å². The molecule has 0 radical (unpaired) electrons. The van der Waals surface area contributed by atoms with Gasteiger partial charge in [-0.15, -0.1) is 0 Å². The number of ether oxygens (including phenoxy) is 4. The van der Waals surface area contributed by atoms with Crippen molar-refractivity contribution in [2.24, 2.45) is 28.6 Å². The quantitative estimate of drug-likeness (QED) is 0.198. The number of carbonyl (C=O) groups excluding carboxylic acids is 4. The van der Waals surface area contributed by atoms with E-state index in [-0.39, 0.29) is 25.0 Å². The van der Waals surface area contributed by atoms with Gasteiger partial charge in [-0.2, -0.15) is 0 Å². The third-order valence-electron chi connectivity index (χ3n) is 10.6. The number of Topliss-reactive ketones (excluding diaryl/α,β-unsaturated/α-hetero) is 1. The molecule has 10 atom stereocenters. The van der Waals surface area contributed by atoms with Gasteiger partial charge >= 0.3 is 23.9 Å². The molecule has 2 saturated heterocycles. The van der Waals surface area contributed by atoms with E-state index in [0.717, 1.165) is 6.08 Å². The number of hydrogen-bond donors (Lipinski definition) is 4. The summed E-state index contributed by atoms with van der Waals surface area (Å²) in [5.74, 6) is -8.45. The van der Waals surface area contributed by atoms with Crippen molar-refractivity contribution in [3.8, 4) is 0 Å². The highest BCUT2D eigenvalue weighted by Crippen LogP contribution is 2.72. The number of rotatable bonds is 5. The van der Waals surface area contributed by atoms with Gasteiger partial charge < -0.3 is 39.4 Å². The molecule has 42 heavy (non-hydrogen) atoms. The topological polar surface area (TPSA) is 203 Å². The summed E-state index contributed by atoms with van der Waals surface area (Å²) < 4.78 is 22.5. The molecule has 2 aliphatic heterocycles. The maximum Gasteiger partial charge on any atom is 0.348 e. The minimum Gasteiger partial charge on any atom is -0.504 e. The second kappa shape index (κ2) is 9.35. The van der Waals surface area contributed by atoms with E-state index in [9.17, 15) is 44.4 Å². The van der Waals surface area contributed by atoms with E-state index in [1.807, 2.05) is 0 Å². The molecule has 5 aliphatic rings. The van der Waals surface area contributed by atoms with Crippen LogP contribution in [0.25, 0.3) is 0 Å². The van der Waals surface area contributed by atoms with Crippen molar-refractivity contribution in [2.75, 3.05) is 6.61 Å². The van der Waals surface area contributed by atoms with Crippen LogP contribution in [0.2, 0.25) is 0 Å². The largest absolute Gasteiger partial charge is 0.504 e. The number of carboxylic acid groups (broad SMARTS) is 1. The lowest BCUT2D eigenvalue weighted by Crippen LogP contribution is -2.79. The molecule has 2 saturated carbocycles. The zero-order valence-corrected chi connectivity index (χ0v) is 24.2. The Kier molecular flexibility index (Phi) is 6.72. The third-order valence-corrected chi connectivity index (χ3v) is 10.6. The van der Waals surface area contributed by atoms with E-state index in [1.165, 1.54) is 13.8 Å². The fourth-order valence-electron chi connectivity index (χ4n) is 8.66. The molecular weight excluding hydrogens is 556 g/mol. The zero-order valence-electron chi connectivity index (χ0n) is 24.2. The van der Waals surface area contributed by atoms with Crippen molar-refractivity contribution in [2.45, 2.75) is 90.0 Å². The van der Waals surface area contributed by atoms with E-state index < -0.39 is 99.6 Å². The second-order valence-electron chi connectivity index (χ2n) is 13.0. The Labute approximate surface area is 241 Å². The maximum atomic E-state index is 13.5. The standard InChI is InChI=1S/C29H36O13/c1-11(26(4,5)42-13(3)30)7-17(32)41-20-22-28-10-39-29(22,25(37)38)23(35)19(34)21(28)27(6)9-15(31)18(33)12(2)14(27)8-16(28)40-24(20)36/h7,14,16,19-23,33-35H,8-10H2,1-6H3,(H,37,38)/b11-7+. The Bertz CT molecular complexity index is 1340. The van der Waals surface area contributed by atoms with Crippen LogP contribution in [0, 0.1) is 28.6 Å². The van der Waals surface area contributed by atoms with Crippen LogP contribution in [0.3, 0.4) is 0 Å². The molecule has 5 rings (SSSR count). The lowest BCUT2D eigenvalue weighted by atomic mass is 9.38. The van der Waals surface area contributed by atoms with Crippen molar-refractivity contribution in [1.29, 1.82) is 0 Å². The lowest BCUT2D eigenvalue weighted by Gasteiger charge is -2.67. The van der Waals surface area contributed by atoms with Crippen LogP contribution in [0.15, 0.2) is 23.0 Å². The molecule has 4 N–H and O–H groups in total. The van der Waals surface area contributed by atoms with Crippen LogP contribution in [0.4, 0.5) is 0 Å². The summed E-state index contributed by atoms with van der Waals surface area (Å²) in [6.45, 7) is 8.73. The summed E-state index contributed by atoms with van der Waals surface area (Å²) >= 11 is 0. The molecule has 0 aromatic heterocycles. The minimum absolute atomic E-state index is 0.0799. The number of hydrogen-bond acceptors (Lipinski definition) is 12. The summed E-state index contributed by atoms with van der Waals surface area (Å²) in [7, 11) is 0. The number of fused-ring (bicyclic) bond motifs is 2. The first-order valence-electron chi connectivity index (χ1n) is 13.8. The summed E-state index contributed by atoms with van der Waals surface area (Å²) in [5.41, 5.74) is -5.71. The monoisotopic (exact) mass is 592 g/mol. The third kappa shape index (κ3) is 3.75. The Balaban J connectivity index is 1.63. The highest BCUT2D eigenvalue weighted by Gasteiger charge is 2.85. The maximum absolute atomic E-state index is 13.5. The van der Waals surface area contributed by atoms with Gasteiger partial charge in [0.25, 0.3) is 0 Å². The summed E-state index contributed by atoms with van der Waals surface area (Å²) in [4.78, 5) is 64.0. The average Bonchev–Trinajstić information content (AvgIpc) is 3.18. The van der Waals surface area contributed by atoms with Crippen LogP contribution in [-0.4, -0.2) is 92.3 Å². The van der Waals surface area contributed by atoms with Gasteiger partial charge in [-0.25, -0.2) is 14.4 Å². The zero-order chi connectivity index (χ0) is 31.3. The van der Waals surface area contributed by atoms with E-state index in [4.69, 9.17) is 18.9 Å². The first kappa shape index (κ1) is 30.2. The van der Waals surface area contributed by atoms with Gasteiger partial charge in [0.05, 0.1) is 18.6 Å². The van der Waals surface area contributed by atoms with Gasteiger partial charge in [0.15, 0.2) is 11.5 Å². The highest BCUT2D eigenvalue weighted by molar-refractivity contribution is 5.95. The van der Waals surface area contributed by atoms with Gasteiger partial charge in [-0.3, -0.25) is 9.59 Å². The molecule has 3 aliphatic carbocycles. The number of aliphatic hydroxyl groups excluding tert-OH is 3. The van der Waals surface area contributed by atoms with Crippen LogP contribution < -0.4 is 0 Å². The number of aliphatic hydroxyl groups is 3. The number of allylic oxidation sites excluding steroid dienone is 2. The van der Waals surface area contributed by atoms with Crippen LogP contribution in [0.1, 0.15) is 54.4 Å². The number of ketones is 1. The number of carboxylic acids is 1. The fraction of sp³-hybridized carbons (Fsp3) is 0.690. The van der Waals surface area contributed by atoms with Gasteiger partial charge in [-0.05, 0) is 56.6 Å². The van der Waals surface area contributed by atoms with Gasteiger partial charge in [0, 0.05) is 30.8 Å². The summed E-state index contributed by atoms with van der Waals surface area (Å²) in [6.07, 6.45) is -5.83. The first-order valence-corrected chi connectivity index (χ1v) is 13.8. The van der Waals surface area contributed by atoms with Gasteiger partial charge in [-0.1, -0.05) is 6.92 Å². The lowest BCUT2D eigenvalue weighted by molar-refractivity contribution is -0.289. The molecule has 4 fully saturated rings. The highest BCUT2D eigenvalue weighted by atomic mass is 16.6. The molecule has 13 heteroatoms. The smallest absolute Gasteiger partial charge is 0.348 e. The molecule has 13 nitrogen and oxygen atoms in total. The molecule has 0 aromatic rings. The van der Waals surface area contributed by atoms with E-state index in [2.05, 4.69) is 0 Å². The van der Waals surface area contributed by atoms with E-state index in [1.54, 1.807) is 27.7 Å². The van der Waals surface area contributed by atoms with Crippen molar-refractivity contribution >= 4 is 29.7 Å². The first-order chi connectivity index (χ1) is 19.4. The molecule has 2 bridgehead atoms. The number of esters is 3. The average molecular weight is 593 g/mol. The number of aliphatic carboxylic acids is 1. The van der Waals surface area contributed by atoms with Crippen molar-refractivity contribution < 1.29 is 63.3 Å². The molecule has 230 valence electrons. The Hall–Kier alpha value is -3.29. The van der Waals surface area contributed by atoms with Crippen LogP contribution >= 0.6 is 0 Å². The Morgan fingerprint density at radius 2 is 1.76 bits per heavy atom.